The van der Waals surface area contributed by atoms with Gasteiger partial charge in [-0.25, -0.2) is 0 Å². The zero-order valence-electron chi connectivity index (χ0n) is 13.1. The third kappa shape index (κ3) is 3.84. The van der Waals surface area contributed by atoms with E-state index in [-0.39, 0.29) is 12.5 Å². The van der Waals surface area contributed by atoms with Crippen molar-refractivity contribution in [2.24, 2.45) is 5.92 Å². The molecule has 5 heteroatoms. The zero-order chi connectivity index (χ0) is 15.2. The molecule has 2 N–H and O–H groups in total. The first-order chi connectivity index (χ1) is 10.2. The van der Waals surface area contributed by atoms with Gasteiger partial charge in [0.15, 0.2) is 0 Å². The highest BCUT2D eigenvalue weighted by Crippen LogP contribution is 2.30. The molecule has 1 aliphatic rings. The van der Waals surface area contributed by atoms with Crippen molar-refractivity contribution < 1.29 is 9.90 Å². The highest BCUT2D eigenvalue weighted by Gasteiger charge is 2.22. The average Bonchev–Trinajstić information content (AvgIpc) is 3.12. The Morgan fingerprint density at radius 2 is 2.24 bits per heavy atom. The molecule has 118 valence electrons. The van der Waals surface area contributed by atoms with Crippen molar-refractivity contribution in [2.75, 3.05) is 13.2 Å². The Morgan fingerprint density at radius 3 is 2.86 bits per heavy atom. The normalized spacial score (nSPS) is 17.1. The lowest BCUT2D eigenvalue weighted by atomic mass is 10.0. The summed E-state index contributed by atoms with van der Waals surface area (Å²) in [6, 6.07) is 0.462. The summed E-state index contributed by atoms with van der Waals surface area (Å²) >= 11 is 0. The summed E-state index contributed by atoms with van der Waals surface area (Å²) in [4.78, 5) is 12.3. The molecule has 1 atom stereocenters. The molecule has 1 aliphatic carbocycles. The van der Waals surface area contributed by atoms with Gasteiger partial charge < -0.3 is 10.4 Å². The van der Waals surface area contributed by atoms with Crippen LogP contribution in [0.1, 0.15) is 67.5 Å². The fraction of sp³-hybridized carbons (Fsp3) is 0.750. The number of carbonyl (C=O) groups is 1. The fourth-order valence-corrected chi connectivity index (χ4v) is 3.13. The van der Waals surface area contributed by atoms with Crippen LogP contribution < -0.4 is 5.32 Å². The topological polar surface area (TPSA) is 67.2 Å². The van der Waals surface area contributed by atoms with Crippen molar-refractivity contribution in [2.45, 2.75) is 58.4 Å². The van der Waals surface area contributed by atoms with Gasteiger partial charge in [0.25, 0.3) is 5.91 Å². The number of carbonyl (C=O) groups excluding carboxylic acids is 1. The van der Waals surface area contributed by atoms with Gasteiger partial charge in [0.2, 0.25) is 0 Å². The lowest BCUT2D eigenvalue weighted by molar-refractivity contribution is 0.0942. The Bertz CT molecular complexity index is 464. The van der Waals surface area contributed by atoms with Crippen LogP contribution in [0.2, 0.25) is 0 Å². The van der Waals surface area contributed by atoms with Gasteiger partial charge in [-0.3, -0.25) is 9.48 Å². The van der Waals surface area contributed by atoms with Gasteiger partial charge in [0.1, 0.15) is 0 Å². The first-order valence-electron chi connectivity index (χ1n) is 8.10. The van der Waals surface area contributed by atoms with Crippen LogP contribution in [0.3, 0.4) is 0 Å². The van der Waals surface area contributed by atoms with Crippen molar-refractivity contribution in [3.05, 3.63) is 17.5 Å². The summed E-state index contributed by atoms with van der Waals surface area (Å²) in [6.07, 6.45) is 8.22. The minimum absolute atomic E-state index is 0.0480. The highest BCUT2D eigenvalue weighted by atomic mass is 16.3. The number of hydrogen-bond acceptors (Lipinski definition) is 3. The molecule has 5 nitrogen and oxygen atoms in total. The lowest BCUT2D eigenvalue weighted by Gasteiger charge is -2.15. The maximum Gasteiger partial charge on any atom is 0.254 e. The molecule has 1 heterocycles. The molecule has 0 aliphatic heterocycles. The van der Waals surface area contributed by atoms with Crippen LogP contribution in [0.4, 0.5) is 0 Å². The first kappa shape index (κ1) is 16.0. The fourth-order valence-electron chi connectivity index (χ4n) is 3.13. The maximum atomic E-state index is 12.3. The van der Waals surface area contributed by atoms with Crippen LogP contribution in [-0.4, -0.2) is 33.9 Å². The monoisotopic (exact) mass is 293 g/mol. The number of amides is 1. The molecular weight excluding hydrogens is 266 g/mol. The molecule has 0 bridgehead atoms. The predicted octanol–water partition coefficient (Wildman–Crippen LogP) is 2.45. The van der Waals surface area contributed by atoms with E-state index in [0.29, 0.717) is 24.1 Å². The Kier molecular flexibility index (Phi) is 5.79. The van der Waals surface area contributed by atoms with Gasteiger partial charge in [0.05, 0.1) is 17.8 Å². The van der Waals surface area contributed by atoms with Gasteiger partial charge in [0, 0.05) is 18.8 Å². The van der Waals surface area contributed by atoms with Crippen LogP contribution in [0.5, 0.6) is 0 Å². The minimum atomic E-state index is -0.0480. The van der Waals surface area contributed by atoms with Crippen molar-refractivity contribution in [3.63, 3.8) is 0 Å². The molecule has 1 amide bonds. The average molecular weight is 293 g/mol. The number of nitrogens with zero attached hydrogens (tertiary/aromatic N) is 2. The molecule has 0 aromatic carbocycles. The second-order valence-electron chi connectivity index (χ2n) is 6.02. The van der Waals surface area contributed by atoms with Crippen molar-refractivity contribution >= 4 is 5.91 Å². The molecular formula is C16H27N3O2. The highest BCUT2D eigenvalue weighted by molar-refractivity contribution is 5.95. The standard InChI is InChI=1S/C16H27N3O2/c1-3-13(8-9-20)10-17-16(21)15-11-18-19(12(15)2)14-6-4-5-7-14/h11,13-14,20H,3-10H2,1-2H3,(H,17,21). The van der Waals surface area contributed by atoms with Crippen LogP contribution in [0.15, 0.2) is 6.20 Å². The summed E-state index contributed by atoms with van der Waals surface area (Å²) < 4.78 is 2.02. The summed E-state index contributed by atoms with van der Waals surface area (Å²) in [5.74, 6) is 0.289. The molecule has 2 rings (SSSR count). The van der Waals surface area contributed by atoms with Crippen molar-refractivity contribution in [3.8, 4) is 0 Å². The quantitative estimate of drug-likeness (QED) is 0.811. The summed E-state index contributed by atoms with van der Waals surface area (Å²) in [5.41, 5.74) is 1.65. The molecule has 1 fully saturated rings. The summed E-state index contributed by atoms with van der Waals surface area (Å²) in [7, 11) is 0. The molecule has 0 spiro atoms. The van der Waals surface area contributed by atoms with E-state index in [1.165, 1.54) is 12.8 Å². The SMILES string of the molecule is CCC(CCO)CNC(=O)c1cnn(C2CCCC2)c1C. The Balaban J connectivity index is 1.96. The van der Waals surface area contributed by atoms with Crippen LogP contribution in [0, 0.1) is 12.8 Å². The number of aromatic nitrogens is 2. The first-order valence-corrected chi connectivity index (χ1v) is 8.10. The molecule has 1 unspecified atom stereocenters. The largest absolute Gasteiger partial charge is 0.396 e. The number of aliphatic hydroxyl groups excluding tert-OH is 1. The lowest BCUT2D eigenvalue weighted by Crippen LogP contribution is -2.30. The van der Waals surface area contributed by atoms with E-state index < -0.39 is 0 Å². The van der Waals surface area contributed by atoms with E-state index in [4.69, 9.17) is 5.11 Å². The smallest absolute Gasteiger partial charge is 0.254 e. The predicted molar refractivity (Wildman–Crippen MR) is 82.3 cm³/mol. The zero-order valence-corrected chi connectivity index (χ0v) is 13.1. The second-order valence-corrected chi connectivity index (χ2v) is 6.02. The van der Waals surface area contributed by atoms with E-state index in [1.54, 1.807) is 6.20 Å². The van der Waals surface area contributed by atoms with Crippen molar-refractivity contribution in [1.82, 2.24) is 15.1 Å². The van der Waals surface area contributed by atoms with Crippen LogP contribution >= 0.6 is 0 Å². The van der Waals surface area contributed by atoms with E-state index in [1.807, 2.05) is 11.6 Å². The molecule has 0 saturated heterocycles. The van der Waals surface area contributed by atoms with Gasteiger partial charge in [-0.2, -0.15) is 5.10 Å². The second kappa shape index (κ2) is 7.59. The van der Waals surface area contributed by atoms with Gasteiger partial charge >= 0.3 is 0 Å². The molecule has 21 heavy (non-hydrogen) atoms. The Labute approximate surface area is 126 Å². The Morgan fingerprint density at radius 1 is 1.52 bits per heavy atom. The van der Waals surface area contributed by atoms with Crippen LogP contribution in [0.25, 0.3) is 0 Å². The van der Waals surface area contributed by atoms with Crippen molar-refractivity contribution in [1.29, 1.82) is 0 Å². The summed E-state index contributed by atoms with van der Waals surface area (Å²) in [5, 5.41) is 16.4. The van der Waals surface area contributed by atoms with Crippen LogP contribution in [-0.2, 0) is 0 Å². The van der Waals surface area contributed by atoms with Gasteiger partial charge in [-0.05, 0) is 32.1 Å². The van der Waals surface area contributed by atoms with E-state index in [0.717, 1.165) is 31.4 Å². The third-order valence-electron chi connectivity index (χ3n) is 4.63. The maximum absolute atomic E-state index is 12.3. The van der Waals surface area contributed by atoms with E-state index in [9.17, 15) is 4.79 Å². The molecule has 0 radical (unpaired) electrons. The number of nitrogens with one attached hydrogen (secondary N) is 1. The number of hydrogen-bond donors (Lipinski definition) is 2. The third-order valence-corrected chi connectivity index (χ3v) is 4.63. The molecule has 1 aromatic heterocycles. The molecule has 1 saturated carbocycles. The van der Waals surface area contributed by atoms with Gasteiger partial charge in [-0.1, -0.05) is 26.2 Å². The van der Waals surface area contributed by atoms with E-state index in [2.05, 4.69) is 17.3 Å². The minimum Gasteiger partial charge on any atom is -0.396 e. The summed E-state index contributed by atoms with van der Waals surface area (Å²) in [6.45, 7) is 4.85. The van der Waals surface area contributed by atoms with Gasteiger partial charge in [-0.15, -0.1) is 0 Å². The Hall–Kier alpha value is -1.36. The number of rotatable bonds is 7. The van der Waals surface area contributed by atoms with E-state index >= 15 is 0 Å². The molecule has 1 aromatic rings. The number of aliphatic hydroxyl groups is 1.